The van der Waals surface area contributed by atoms with Crippen molar-refractivity contribution < 1.29 is 9.72 Å². The molecule has 160 valence electrons. The Labute approximate surface area is 191 Å². The standard InChI is InChI=1S/C21H16N6O3S2/c1-2-9-31-21-25-24-20(32-21)26-15-7-4-8-16(28)18(15)17(14(11-22)19(26)23)12-5-3-6-13(10-12)27(29)30/h1,3,5-6,10,17H,4,7-9,23H2. The fourth-order valence-electron chi connectivity index (χ4n) is 3.91. The molecule has 0 fully saturated rings. The first-order valence-electron chi connectivity index (χ1n) is 9.56. The van der Waals surface area contributed by atoms with Crippen LogP contribution in [-0.2, 0) is 4.79 Å². The molecule has 1 atom stereocenters. The van der Waals surface area contributed by atoms with Crippen LogP contribution >= 0.6 is 23.1 Å². The Balaban J connectivity index is 1.88. The highest BCUT2D eigenvalue weighted by Crippen LogP contribution is 2.47. The van der Waals surface area contributed by atoms with Crippen molar-refractivity contribution in [2.24, 2.45) is 5.73 Å². The van der Waals surface area contributed by atoms with Gasteiger partial charge in [0, 0.05) is 29.8 Å². The average molecular weight is 465 g/mol. The van der Waals surface area contributed by atoms with Crippen LogP contribution in [0.5, 0.6) is 0 Å². The van der Waals surface area contributed by atoms with Crippen molar-refractivity contribution in [2.45, 2.75) is 29.5 Å². The number of non-ortho nitro benzene ring substituents is 1. The molecule has 0 radical (unpaired) electrons. The molecule has 32 heavy (non-hydrogen) atoms. The lowest BCUT2D eigenvalue weighted by Crippen LogP contribution is -2.38. The molecule has 1 aromatic heterocycles. The monoisotopic (exact) mass is 464 g/mol. The molecule has 2 N–H and O–H groups in total. The first-order chi connectivity index (χ1) is 15.5. The number of anilines is 1. The third kappa shape index (κ3) is 3.73. The maximum absolute atomic E-state index is 13.1. The predicted octanol–water partition coefficient (Wildman–Crippen LogP) is 3.48. The quantitative estimate of drug-likeness (QED) is 0.305. The molecular formula is C21H16N6O3S2. The summed E-state index contributed by atoms with van der Waals surface area (Å²) < 4.78 is 0.648. The van der Waals surface area contributed by atoms with E-state index in [1.54, 1.807) is 11.0 Å². The van der Waals surface area contributed by atoms with Crippen molar-refractivity contribution >= 4 is 39.7 Å². The van der Waals surface area contributed by atoms with Gasteiger partial charge in [0.1, 0.15) is 5.82 Å². The highest BCUT2D eigenvalue weighted by molar-refractivity contribution is 8.01. The number of ketones is 1. The van der Waals surface area contributed by atoms with Crippen LogP contribution in [0.3, 0.4) is 0 Å². The number of thioether (sulfide) groups is 1. The van der Waals surface area contributed by atoms with Crippen LogP contribution in [0, 0.1) is 33.8 Å². The Morgan fingerprint density at radius 3 is 2.94 bits per heavy atom. The van der Waals surface area contributed by atoms with E-state index in [4.69, 9.17) is 12.2 Å². The lowest BCUT2D eigenvalue weighted by molar-refractivity contribution is -0.384. The van der Waals surface area contributed by atoms with Gasteiger partial charge in [-0.25, -0.2) is 0 Å². The van der Waals surface area contributed by atoms with E-state index < -0.39 is 10.8 Å². The van der Waals surface area contributed by atoms with E-state index in [2.05, 4.69) is 22.2 Å². The zero-order valence-electron chi connectivity index (χ0n) is 16.6. The van der Waals surface area contributed by atoms with Crippen molar-refractivity contribution in [2.75, 3.05) is 10.7 Å². The normalized spacial score (nSPS) is 18.2. The molecule has 1 aromatic carbocycles. The number of terminal acetylenes is 1. The maximum Gasteiger partial charge on any atom is 0.269 e. The summed E-state index contributed by atoms with van der Waals surface area (Å²) in [6.07, 6.45) is 6.82. The van der Waals surface area contributed by atoms with Crippen molar-refractivity contribution in [3.63, 3.8) is 0 Å². The zero-order valence-corrected chi connectivity index (χ0v) is 18.3. The van der Waals surface area contributed by atoms with Crippen LogP contribution in [0.4, 0.5) is 10.8 Å². The number of nitriles is 1. The highest BCUT2D eigenvalue weighted by Gasteiger charge is 2.41. The van der Waals surface area contributed by atoms with Crippen LogP contribution < -0.4 is 10.6 Å². The summed E-state index contributed by atoms with van der Waals surface area (Å²) in [4.78, 5) is 25.5. The number of allylic oxidation sites excluding steroid dienone is 3. The summed E-state index contributed by atoms with van der Waals surface area (Å²) in [5.74, 6) is 2.22. The van der Waals surface area contributed by atoms with Crippen LogP contribution in [0.25, 0.3) is 0 Å². The van der Waals surface area contributed by atoms with E-state index >= 15 is 0 Å². The predicted molar refractivity (Wildman–Crippen MR) is 120 cm³/mol. The molecule has 0 amide bonds. The summed E-state index contributed by atoms with van der Waals surface area (Å²) in [5, 5.41) is 30.1. The Morgan fingerprint density at radius 1 is 1.41 bits per heavy atom. The third-order valence-corrected chi connectivity index (χ3v) is 7.14. The van der Waals surface area contributed by atoms with E-state index in [9.17, 15) is 20.2 Å². The molecule has 1 unspecified atom stereocenters. The lowest BCUT2D eigenvalue weighted by Gasteiger charge is -2.38. The molecule has 0 saturated carbocycles. The molecule has 0 bridgehead atoms. The molecule has 1 aliphatic carbocycles. The Bertz CT molecular complexity index is 1270. The second kappa shape index (κ2) is 8.83. The van der Waals surface area contributed by atoms with Gasteiger partial charge in [0.2, 0.25) is 5.13 Å². The molecule has 2 heterocycles. The van der Waals surface area contributed by atoms with Crippen molar-refractivity contribution in [3.05, 3.63) is 62.6 Å². The second-order valence-electron chi connectivity index (χ2n) is 7.01. The van der Waals surface area contributed by atoms with Gasteiger partial charge in [0.05, 0.1) is 28.2 Å². The van der Waals surface area contributed by atoms with Crippen LogP contribution in [0.15, 0.2) is 51.3 Å². The number of carbonyl (C=O) groups is 1. The molecule has 0 saturated heterocycles. The van der Waals surface area contributed by atoms with Gasteiger partial charge in [-0.05, 0) is 18.4 Å². The van der Waals surface area contributed by atoms with Crippen molar-refractivity contribution in [1.29, 1.82) is 5.26 Å². The largest absolute Gasteiger partial charge is 0.384 e. The van der Waals surface area contributed by atoms with Crippen LogP contribution in [-0.4, -0.2) is 26.7 Å². The van der Waals surface area contributed by atoms with Gasteiger partial charge in [-0.1, -0.05) is 41.2 Å². The Kier molecular flexibility index (Phi) is 5.95. The minimum atomic E-state index is -0.776. The van der Waals surface area contributed by atoms with E-state index in [0.717, 1.165) is 0 Å². The SMILES string of the molecule is C#CCSc1nnc(N2C(N)=C(C#N)C(c3cccc([N+](=O)[O-])c3)C3=C2CCCC3=O)s1. The van der Waals surface area contributed by atoms with E-state index in [1.165, 1.54) is 41.3 Å². The molecule has 9 nitrogen and oxygen atoms in total. The van der Waals surface area contributed by atoms with Gasteiger partial charge in [0.15, 0.2) is 10.1 Å². The number of benzene rings is 1. The van der Waals surface area contributed by atoms with Crippen molar-refractivity contribution in [3.8, 4) is 18.4 Å². The Morgan fingerprint density at radius 2 is 2.22 bits per heavy atom. The summed E-state index contributed by atoms with van der Waals surface area (Å²) in [6.45, 7) is 0. The maximum atomic E-state index is 13.1. The third-order valence-electron chi connectivity index (χ3n) is 5.19. The molecule has 1 aliphatic heterocycles. The summed E-state index contributed by atoms with van der Waals surface area (Å²) in [5.41, 5.74) is 8.04. The number of hydrogen-bond acceptors (Lipinski definition) is 10. The van der Waals surface area contributed by atoms with Crippen LogP contribution in [0.1, 0.15) is 30.7 Å². The van der Waals surface area contributed by atoms with E-state index in [1.807, 2.05) is 0 Å². The van der Waals surface area contributed by atoms with Crippen molar-refractivity contribution in [1.82, 2.24) is 10.2 Å². The molecule has 2 aliphatic rings. The van der Waals surface area contributed by atoms with Gasteiger partial charge in [-0.3, -0.25) is 19.8 Å². The highest BCUT2D eigenvalue weighted by atomic mass is 32.2. The molecule has 2 aromatic rings. The number of nitrogens with zero attached hydrogens (tertiary/aromatic N) is 5. The molecule has 0 spiro atoms. The lowest BCUT2D eigenvalue weighted by atomic mass is 9.75. The smallest absolute Gasteiger partial charge is 0.269 e. The van der Waals surface area contributed by atoms with Gasteiger partial charge in [0.25, 0.3) is 5.69 Å². The summed E-state index contributed by atoms with van der Waals surface area (Å²) in [7, 11) is 0. The topological polar surface area (TPSA) is 139 Å². The number of nitro groups is 1. The van der Waals surface area contributed by atoms with Gasteiger partial charge >= 0.3 is 0 Å². The molecule has 11 heteroatoms. The van der Waals surface area contributed by atoms with Gasteiger partial charge < -0.3 is 5.73 Å². The number of nitrogens with two attached hydrogens (primary N) is 1. The Hall–Kier alpha value is -3.67. The fourth-order valence-corrected chi connectivity index (χ4v) is 5.47. The molecular weight excluding hydrogens is 448 g/mol. The minimum Gasteiger partial charge on any atom is -0.384 e. The number of rotatable bonds is 5. The average Bonchev–Trinajstić information content (AvgIpc) is 3.25. The van der Waals surface area contributed by atoms with E-state index in [0.29, 0.717) is 51.3 Å². The van der Waals surface area contributed by atoms with Gasteiger partial charge in [-0.15, -0.1) is 16.6 Å². The number of Topliss-reactive ketones (excluding diaryl/α,β-unsaturated/α-hetero) is 1. The minimum absolute atomic E-state index is 0.112. The summed E-state index contributed by atoms with van der Waals surface area (Å²) >= 11 is 2.63. The molecule has 4 rings (SSSR count). The zero-order chi connectivity index (χ0) is 22.8. The number of nitro benzene ring substituents is 1. The van der Waals surface area contributed by atoms with Gasteiger partial charge in [-0.2, -0.15) is 5.26 Å². The van der Waals surface area contributed by atoms with Crippen LogP contribution in [0.2, 0.25) is 0 Å². The number of aromatic nitrogens is 2. The fraction of sp³-hybridized carbons (Fsp3) is 0.238. The second-order valence-corrected chi connectivity index (χ2v) is 9.19. The first-order valence-corrected chi connectivity index (χ1v) is 11.4. The first kappa shape index (κ1) is 21.6. The number of carbonyl (C=O) groups excluding carboxylic acids is 1. The number of hydrogen-bond donors (Lipinski definition) is 1. The van der Waals surface area contributed by atoms with E-state index in [-0.39, 0.29) is 22.9 Å². The summed E-state index contributed by atoms with van der Waals surface area (Å²) in [6, 6.07) is 8.09.